The van der Waals surface area contributed by atoms with E-state index >= 15 is 0 Å². The zero-order chi connectivity index (χ0) is 13.9. The molecule has 0 aliphatic heterocycles. The maximum Gasteiger partial charge on any atom is 0.244 e. The Labute approximate surface area is 116 Å². The number of pyridine rings is 1. The number of nitrogens with one attached hydrogen (secondary N) is 2. The first-order chi connectivity index (χ1) is 9.04. The number of thiophene rings is 1. The van der Waals surface area contributed by atoms with Gasteiger partial charge in [0.1, 0.15) is 10.7 Å². The third kappa shape index (κ3) is 3.12. The minimum absolute atomic E-state index is 0.152. The van der Waals surface area contributed by atoms with Crippen molar-refractivity contribution in [1.82, 2.24) is 9.71 Å². The van der Waals surface area contributed by atoms with Crippen LogP contribution in [-0.2, 0) is 10.0 Å². The number of anilines is 1. The van der Waals surface area contributed by atoms with E-state index < -0.39 is 10.0 Å². The van der Waals surface area contributed by atoms with Crippen molar-refractivity contribution in [2.75, 3.05) is 12.4 Å². The van der Waals surface area contributed by atoms with Crippen molar-refractivity contribution in [2.45, 2.75) is 17.9 Å². The molecule has 7 heteroatoms. The zero-order valence-corrected chi connectivity index (χ0v) is 12.3. The van der Waals surface area contributed by atoms with Crippen LogP contribution >= 0.6 is 11.3 Å². The van der Waals surface area contributed by atoms with E-state index in [9.17, 15) is 8.42 Å². The number of hydrogen-bond donors (Lipinski definition) is 2. The lowest BCUT2D eigenvalue weighted by atomic mass is 10.2. The summed E-state index contributed by atoms with van der Waals surface area (Å²) in [7, 11) is -1.96. The van der Waals surface area contributed by atoms with Gasteiger partial charge in [-0.1, -0.05) is 0 Å². The van der Waals surface area contributed by atoms with Gasteiger partial charge in [0.25, 0.3) is 0 Å². The fourth-order valence-electron chi connectivity index (χ4n) is 1.68. The van der Waals surface area contributed by atoms with Crippen LogP contribution in [0.2, 0.25) is 0 Å². The first-order valence-electron chi connectivity index (χ1n) is 5.72. The minimum atomic E-state index is -3.60. The molecule has 1 atom stereocenters. The van der Waals surface area contributed by atoms with Gasteiger partial charge in [-0.15, -0.1) is 0 Å². The second-order valence-corrected chi connectivity index (χ2v) is 6.46. The van der Waals surface area contributed by atoms with Crippen molar-refractivity contribution in [3.8, 4) is 0 Å². The highest BCUT2D eigenvalue weighted by molar-refractivity contribution is 7.89. The van der Waals surface area contributed by atoms with Gasteiger partial charge in [0.2, 0.25) is 10.0 Å². The Balaban J connectivity index is 2.28. The Hall–Kier alpha value is -1.44. The average molecular weight is 297 g/mol. The molecular weight excluding hydrogens is 282 g/mol. The van der Waals surface area contributed by atoms with Crippen LogP contribution in [-0.4, -0.2) is 20.4 Å². The fourth-order valence-corrected chi connectivity index (χ4v) is 3.83. The standard InChI is InChI=1S/C12H15N3O2S2/c1-9(10-5-7-18-8-10)15-19(16,17)11-4-3-6-14-12(11)13-2/h3-9,15H,1-2H3,(H,13,14). The molecule has 19 heavy (non-hydrogen) atoms. The van der Waals surface area contributed by atoms with Gasteiger partial charge in [-0.25, -0.2) is 18.1 Å². The van der Waals surface area contributed by atoms with Crippen molar-refractivity contribution in [2.24, 2.45) is 0 Å². The van der Waals surface area contributed by atoms with Crippen LogP contribution < -0.4 is 10.0 Å². The van der Waals surface area contributed by atoms with Crippen LogP contribution in [0.25, 0.3) is 0 Å². The summed E-state index contributed by atoms with van der Waals surface area (Å²) in [6.45, 7) is 1.81. The monoisotopic (exact) mass is 297 g/mol. The average Bonchev–Trinajstić information content (AvgIpc) is 2.92. The lowest BCUT2D eigenvalue weighted by Gasteiger charge is -2.14. The summed E-state index contributed by atoms with van der Waals surface area (Å²) in [4.78, 5) is 4.16. The van der Waals surface area contributed by atoms with Crippen LogP contribution in [0, 0.1) is 0 Å². The lowest BCUT2D eigenvalue weighted by molar-refractivity contribution is 0.567. The van der Waals surface area contributed by atoms with Crippen molar-refractivity contribution in [1.29, 1.82) is 0 Å². The lowest BCUT2D eigenvalue weighted by Crippen LogP contribution is -2.27. The molecular formula is C12H15N3O2S2. The van der Waals surface area contributed by atoms with E-state index in [4.69, 9.17) is 0 Å². The summed E-state index contributed by atoms with van der Waals surface area (Å²) in [5, 5.41) is 6.63. The van der Waals surface area contributed by atoms with Crippen LogP contribution in [0.15, 0.2) is 40.1 Å². The Morgan fingerprint density at radius 3 is 2.79 bits per heavy atom. The molecule has 2 rings (SSSR count). The maximum atomic E-state index is 12.3. The van der Waals surface area contributed by atoms with Crippen LogP contribution in [0.1, 0.15) is 18.5 Å². The molecule has 0 fully saturated rings. The topological polar surface area (TPSA) is 71.1 Å². The molecule has 0 bridgehead atoms. The normalized spacial score (nSPS) is 13.2. The Bertz CT molecular complexity index is 639. The molecule has 0 saturated heterocycles. The fraction of sp³-hybridized carbons (Fsp3) is 0.250. The van der Waals surface area contributed by atoms with Crippen molar-refractivity contribution < 1.29 is 8.42 Å². The smallest absolute Gasteiger partial charge is 0.244 e. The van der Waals surface area contributed by atoms with Crippen LogP contribution in [0.5, 0.6) is 0 Å². The van der Waals surface area contributed by atoms with Gasteiger partial charge in [-0.2, -0.15) is 11.3 Å². The van der Waals surface area contributed by atoms with E-state index in [0.717, 1.165) is 5.56 Å². The van der Waals surface area contributed by atoms with Gasteiger partial charge in [-0.3, -0.25) is 0 Å². The van der Waals surface area contributed by atoms with Gasteiger partial charge < -0.3 is 5.32 Å². The quantitative estimate of drug-likeness (QED) is 0.888. The first-order valence-corrected chi connectivity index (χ1v) is 8.14. The highest BCUT2D eigenvalue weighted by Crippen LogP contribution is 2.22. The predicted octanol–water partition coefficient (Wildman–Crippen LogP) is 2.22. The molecule has 0 aliphatic carbocycles. The summed E-state index contributed by atoms with van der Waals surface area (Å²) >= 11 is 1.54. The van der Waals surface area contributed by atoms with E-state index in [1.165, 1.54) is 17.4 Å². The Morgan fingerprint density at radius 2 is 2.16 bits per heavy atom. The van der Waals surface area contributed by atoms with Gasteiger partial charge in [0.05, 0.1) is 0 Å². The van der Waals surface area contributed by atoms with Crippen molar-refractivity contribution >= 4 is 27.2 Å². The van der Waals surface area contributed by atoms with E-state index in [0.29, 0.717) is 5.82 Å². The molecule has 2 heterocycles. The SMILES string of the molecule is CNc1ncccc1S(=O)(=O)NC(C)c1ccsc1. The zero-order valence-electron chi connectivity index (χ0n) is 10.6. The maximum absolute atomic E-state index is 12.3. The number of sulfonamides is 1. The molecule has 0 spiro atoms. The van der Waals surface area contributed by atoms with Crippen molar-refractivity contribution in [3.63, 3.8) is 0 Å². The summed E-state index contributed by atoms with van der Waals surface area (Å²) in [5.74, 6) is 0.340. The number of hydrogen-bond acceptors (Lipinski definition) is 5. The Kier molecular flexibility index (Phi) is 4.18. The molecule has 0 radical (unpaired) electrons. The van der Waals surface area contributed by atoms with E-state index in [1.807, 2.05) is 23.8 Å². The summed E-state index contributed by atoms with van der Waals surface area (Å²) in [5.41, 5.74) is 0.948. The van der Waals surface area contributed by atoms with Crippen LogP contribution in [0.4, 0.5) is 5.82 Å². The van der Waals surface area contributed by atoms with Gasteiger partial charge in [-0.05, 0) is 41.4 Å². The second kappa shape index (κ2) is 5.68. The van der Waals surface area contributed by atoms with Crippen LogP contribution in [0.3, 0.4) is 0 Å². The molecule has 2 aromatic heterocycles. The molecule has 0 saturated carbocycles. The summed E-state index contributed by atoms with van der Waals surface area (Å²) < 4.78 is 27.3. The third-order valence-electron chi connectivity index (χ3n) is 2.67. The molecule has 2 N–H and O–H groups in total. The third-order valence-corrected chi connectivity index (χ3v) is 4.95. The number of rotatable bonds is 5. The molecule has 0 amide bonds. The van der Waals surface area contributed by atoms with E-state index in [-0.39, 0.29) is 10.9 Å². The van der Waals surface area contributed by atoms with Gasteiger partial charge in [0.15, 0.2) is 0 Å². The molecule has 0 aliphatic rings. The molecule has 1 unspecified atom stereocenters. The number of aromatic nitrogens is 1. The van der Waals surface area contributed by atoms with E-state index in [2.05, 4.69) is 15.0 Å². The highest BCUT2D eigenvalue weighted by Gasteiger charge is 2.21. The van der Waals surface area contributed by atoms with Crippen molar-refractivity contribution in [3.05, 3.63) is 40.7 Å². The van der Waals surface area contributed by atoms with Gasteiger partial charge >= 0.3 is 0 Å². The predicted molar refractivity (Wildman–Crippen MR) is 76.8 cm³/mol. The van der Waals surface area contributed by atoms with E-state index in [1.54, 1.807) is 19.3 Å². The highest BCUT2D eigenvalue weighted by atomic mass is 32.2. The van der Waals surface area contributed by atoms with Gasteiger partial charge in [0, 0.05) is 19.3 Å². The molecule has 0 aromatic carbocycles. The molecule has 102 valence electrons. The first kappa shape index (κ1) is 14.0. The largest absolute Gasteiger partial charge is 0.372 e. The second-order valence-electron chi connectivity index (χ2n) is 4.00. The minimum Gasteiger partial charge on any atom is -0.372 e. The summed E-state index contributed by atoms with van der Waals surface area (Å²) in [6, 6.07) is 4.76. The summed E-state index contributed by atoms with van der Waals surface area (Å²) in [6.07, 6.45) is 1.55. The number of nitrogens with zero attached hydrogens (tertiary/aromatic N) is 1. The Morgan fingerprint density at radius 1 is 1.37 bits per heavy atom. The molecule has 5 nitrogen and oxygen atoms in total. The molecule has 2 aromatic rings.